The first-order chi connectivity index (χ1) is 8.39. The quantitative estimate of drug-likeness (QED) is 0.542. The molecule has 0 unspecified atom stereocenters. The van der Waals surface area contributed by atoms with E-state index in [4.69, 9.17) is 9.39 Å². The SMILES string of the molecule is COC(C)(C)C(C)(C)O[B]CCc1ccccc1. The molecule has 0 atom stereocenters. The molecule has 0 heterocycles. The average molecular weight is 247 g/mol. The molecule has 1 aromatic rings. The molecule has 1 rings (SSSR count). The van der Waals surface area contributed by atoms with E-state index in [0.29, 0.717) is 0 Å². The molecule has 0 aliphatic heterocycles. The third kappa shape index (κ3) is 4.15. The van der Waals surface area contributed by atoms with Gasteiger partial charge in [0.05, 0.1) is 11.2 Å². The topological polar surface area (TPSA) is 18.5 Å². The minimum atomic E-state index is -0.335. The van der Waals surface area contributed by atoms with Crippen LogP contribution in [0.1, 0.15) is 33.3 Å². The first-order valence-corrected chi connectivity index (χ1v) is 6.47. The summed E-state index contributed by atoms with van der Waals surface area (Å²) in [5.74, 6) is 0. The number of benzene rings is 1. The monoisotopic (exact) mass is 247 g/mol. The summed E-state index contributed by atoms with van der Waals surface area (Å²) in [5.41, 5.74) is 0.690. The number of methoxy groups -OCH3 is 1. The zero-order chi connectivity index (χ0) is 13.6. The first kappa shape index (κ1) is 15.3. The van der Waals surface area contributed by atoms with E-state index in [2.05, 4.69) is 38.1 Å². The zero-order valence-corrected chi connectivity index (χ0v) is 12.2. The summed E-state index contributed by atoms with van der Waals surface area (Å²) in [4.78, 5) is 0. The molecule has 0 N–H and O–H groups in total. The largest absolute Gasteiger partial charge is 0.433 e. The van der Waals surface area contributed by atoms with Gasteiger partial charge < -0.3 is 9.39 Å². The molecular formula is C15H24BO2. The molecule has 0 saturated carbocycles. The highest BCUT2D eigenvalue weighted by atomic mass is 16.5. The van der Waals surface area contributed by atoms with Gasteiger partial charge >= 0.3 is 0 Å². The number of hydrogen-bond acceptors (Lipinski definition) is 2. The van der Waals surface area contributed by atoms with Gasteiger partial charge in [0.15, 0.2) is 0 Å². The minimum Gasteiger partial charge on any atom is -0.433 e. The Labute approximate surface area is 112 Å². The van der Waals surface area contributed by atoms with Crippen LogP contribution >= 0.6 is 0 Å². The van der Waals surface area contributed by atoms with Gasteiger partial charge in [0, 0.05) is 7.11 Å². The summed E-state index contributed by atoms with van der Waals surface area (Å²) in [5, 5.41) is 0. The van der Waals surface area contributed by atoms with Crippen LogP contribution in [-0.2, 0) is 15.8 Å². The molecule has 18 heavy (non-hydrogen) atoms. The molecule has 0 spiro atoms. The molecule has 0 saturated heterocycles. The Morgan fingerprint density at radius 3 is 2.17 bits per heavy atom. The second kappa shape index (κ2) is 6.39. The number of hydrogen-bond donors (Lipinski definition) is 0. The lowest BCUT2D eigenvalue weighted by Crippen LogP contribution is -2.49. The molecule has 3 heteroatoms. The van der Waals surface area contributed by atoms with E-state index in [9.17, 15) is 0 Å². The highest BCUT2D eigenvalue weighted by molar-refractivity contribution is 6.27. The standard InChI is InChI=1S/C15H24BO2/c1-14(2,17-5)15(3,4)18-16-12-11-13-9-7-6-8-10-13/h6-10H,11-12H2,1-5H3. The van der Waals surface area contributed by atoms with Crippen molar-refractivity contribution >= 4 is 7.48 Å². The van der Waals surface area contributed by atoms with Crippen molar-refractivity contribution in [2.24, 2.45) is 0 Å². The van der Waals surface area contributed by atoms with E-state index in [1.54, 1.807) is 7.11 Å². The molecule has 0 aliphatic carbocycles. The maximum absolute atomic E-state index is 5.86. The molecule has 1 aromatic carbocycles. The molecule has 0 aromatic heterocycles. The van der Waals surface area contributed by atoms with E-state index < -0.39 is 0 Å². The van der Waals surface area contributed by atoms with Crippen LogP contribution in [0.4, 0.5) is 0 Å². The van der Waals surface area contributed by atoms with E-state index in [-0.39, 0.29) is 11.2 Å². The Balaban J connectivity index is 2.34. The third-order valence-electron chi connectivity index (χ3n) is 3.73. The summed E-state index contributed by atoms with van der Waals surface area (Å²) < 4.78 is 11.3. The minimum absolute atomic E-state index is 0.309. The Morgan fingerprint density at radius 2 is 1.61 bits per heavy atom. The highest BCUT2D eigenvalue weighted by Crippen LogP contribution is 2.28. The van der Waals surface area contributed by atoms with Crippen LogP contribution in [0.25, 0.3) is 0 Å². The van der Waals surface area contributed by atoms with Crippen molar-refractivity contribution in [2.75, 3.05) is 7.11 Å². The summed E-state index contributed by atoms with van der Waals surface area (Å²) in [6.07, 6.45) is 1.91. The molecule has 0 bridgehead atoms. The van der Waals surface area contributed by atoms with Crippen molar-refractivity contribution in [3.05, 3.63) is 35.9 Å². The van der Waals surface area contributed by atoms with Gasteiger partial charge in [0.25, 0.3) is 7.48 Å². The predicted molar refractivity (Wildman–Crippen MR) is 77.0 cm³/mol. The van der Waals surface area contributed by atoms with Crippen LogP contribution in [0, 0.1) is 0 Å². The van der Waals surface area contributed by atoms with Gasteiger partial charge in [-0.05, 0) is 46.0 Å². The first-order valence-electron chi connectivity index (χ1n) is 6.47. The van der Waals surface area contributed by atoms with Gasteiger partial charge in [-0.15, -0.1) is 0 Å². The van der Waals surface area contributed by atoms with Crippen LogP contribution in [0.15, 0.2) is 30.3 Å². The fourth-order valence-corrected chi connectivity index (χ4v) is 1.53. The molecule has 0 fully saturated rings. The Hall–Kier alpha value is -0.795. The lowest BCUT2D eigenvalue weighted by Gasteiger charge is -2.40. The third-order valence-corrected chi connectivity index (χ3v) is 3.73. The second-order valence-corrected chi connectivity index (χ2v) is 5.53. The summed E-state index contributed by atoms with van der Waals surface area (Å²) in [6.45, 7) is 8.18. The Morgan fingerprint density at radius 1 is 1.00 bits per heavy atom. The number of rotatable bonds is 7. The summed E-state index contributed by atoms with van der Waals surface area (Å²) in [6, 6.07) is 10.4. The van der Waals surface area contributed by atoms with Gasteiger partial charge in [-0.1, -0.05) is 30.3 Å². The smallest absolute Gasteiger partial charge is 0.293 e. The fraction of sp³-hybridized carbons (Fsp3) is 0.600. The van der Waals surface area contributed by atoms with E-state index in [0.717, 1.165) is 12.7 Å². The number of aryl methyl sites for hydroxylation is 1. The average Bonchev–Trinajstić information content (AvgIpc) is 2.36. The Kier molecular flexibility index (Phi) is 5.42. The van der Waals surface area contributed by atoms with Crippen LogP contribution < -0.4 is 0 Å². The lowest BCUT2D eigenvalue weighted by molar-refractivity contribution is -0.115. The second-order valence-electron chi connectivity index (χ2n) is 5.53. The molecule has 0 aliphatic rings. The van der Waals surface area contributed by atoms with E-state index >= 15 is 0 Å². The predicted octanol–water partition coefficient (Wildman–Crippen LogP) is 3.49. The van der Waals surface area contributed by atoms with Crippen molar-refractivity contribution in [1.82, 2.24) is 0 Å². The van der Waals surface area contributed by atoms with Gasteiger partial charge in [0.2, 0.25) is 0 Å². The van der Waals surface area contributed by atoms with Gasteiger partial charge in [0.1, 0.15) is 0 Å². The molecular weight excluding hydrogens is 223 g/mol. The molecule has 1 radical (unpaired) electrons. The van der Waals surface area contributed by atoms with Crippen molar-refractivity contribution in [3.8, 4) is 0 Å². The van der Waals surface area contributed by atoms with Crippen LogP contribution in [0.2, 0.25) is 6.32 Å². The van der Waals surface area contributed by atoms with Crippen molar-refractivity contribution < 1.29 is 9.39 Å². The molecule has 0 amide bonds. The van der Waals surface area contributed by atoms with E-state index in [1.165, 1.54) is 5.56 Å². The van der Waals surface area contributed by atoms with Crippen LogP contribution in [0.5, 0.6) is 0 Å². The maximum atomic E-state index is 5.86. The summed E-state index contributed by atoms with van der Waals surface area (Å²) in [7, 11) is 3.61. The van der Waals surface area contributed by atoms with E-state index in [1.807, 2.05) is 27.4 Å². The lowest BCUT2D eigenvalue weighted by atomic mass is 9.83. The molecule has 2 nitrogen and oxygen atoms in total. The van der Waals surface area contributed by atoms with Gasteiger partial charge in [-0.25, -0.2) is 0 Å². The van der Waals surface area contributed by atoms with Crippen molar-refractivity contribution in [2.45, 2.75) is 51.6 Å². The van der Waals surface area contributed by atoms with Crippen molar-refractivity contribution in [1.29, 1.82) is 0 Å². The van der Waals surface area contributed by atoms with Gasteiger partial charge in [-0.2, -0.15) is 0 Å². The maximum Gasteiger partial charge on any atom is 0.293 e. The Bertz CT molecular complexity index is 347. The number of ether oxygens (including phenoxy) is 1. The highest BCUT2D eigenvalue weighted by Gasteiger charge is 2.37. The van der Waals surface area contributed by atoms with Crippen LogP contribution in [-0.4, -0.2) is 25.8 Å². The van der Waals surface area contributed by atoms with Crippen LogP contribution in [0.3, 0.4) is 0 Å². The van der Waals surface area contributed by atoms with Crippen molar-refractivity contribution in [3.63, 3.8) is 0 Å². The molecule has 99 valence electrons. The zero-order valence-electron chi connectivity index (χ0n) is 12.2. The van der Waals surface area contributed by atoms with Gasteiger partial charge in [-0.3, -0.25) is 0 Å². The summed E-state index contributed by atoms with van der Waals surface area (Å²) >= 11 is 0. The fourth-order valence-electron chi connectivity index (χ4n) is 1.53. The normalized spacial score (nSPS) is 12.5.